The van der Waals surface area contributed by atoms with E-state index in [2.05, 4.69) is 38.2 Å². The Kier molecular flexibility index (Phi) is 31.9. The maximum atomic E-state index is 12.9. The molecule has 0 aliphatic carbocycles. The molecule has 2 fully saturated rings. The predicted octanol–water partition coefficient (Wildman–Crippen LogP) is 5.60. The summed E-state index contributed by atoms with van der Waals surface area (Å²) in [5, 5.41) is 71.9. The summed E-state index contributed by atoms with van der Waals surface area (Å²) >= 11 is 0. The third-order valence-corrected chi connectivity index (χ3v) is 11.4. The lowest BCUT2D eigenvalue weighted by Crippen LogP contribution is -2.61. The van der Waals surface area contributed by atoms with Gasteiger partial charge >= 0.3 is 11.9 Å². The predicted molar refractivity (Wildman–Crippen MR) is 234 cm³/mol. The topological polar surface area (TPSA) is 231 Å². The van der Waals surface area contributed by atoms with Crippen molar-refractivity contribution in [2.24, 2.45) is 0 Å². The third-order valence-electron chi connectivity index (χ3n) is 11.4. The van der Waals surface area contributed by atoms with Crippen molar-refractivity contribution in [3.05, 3.63) is 24.3 Å². The SMILES string of the molecule is CCCCC/C=C/CCCCCCCC(=O)O[C@H](COC(=O)CCCCCCC/C=C/CCCCCCC)CO[C@@H]1O[C@H](CO[C@@H]2O[C@H](CO)[C@H](O)C(O)C2O)[C@H](O)C(O)C1O. The van der Waals surface area contributed by atoms with E-state index in [1.807, 2.05) is 0 Å². The van der Waals surface area contributed by atoms with Gasteiger partial charge in [0.15, 0.2) is 18.7 Å². The van der Waals surface area contributed by atoms with E-state index in [4.69, 9.17) is 28.4 Å². The Morgan fingerprint density at radius 1 is 0.500 bits per heavy atom. The molecule has 0 aromatic carbocycles. The second-order valence-corrected chi connectivity index (χ2v) is 16.9. The number of hydrogen-bond donors (Lipinski definition) is 7. The van der Waals surface area contributed by atoms with Crippen molar-refractivity contribution < 1.29 is 73.8 Å². The van der Waals surface area contributed by atoms with Gasteiger partial charge in [-0.05, 0) is 64.2 Å². The standard InChI is InChI=1S/C47H84O15/c1-3-5-7-9-11-13-15-17-18-20-21-23-25-27-29-38(49)57-32-35(60-39(50)30-28-26-24-22-19-16-14-12-10-8-6-4-2)33-58-46-45(56)43(54)41(52)37(62-46)34-59-47-44(55)42(53)40(51)36(31-48)61-47/h12,14-15,17,35-37,40-48,51-56H,3-11,13,16,18-34H2,1-2H3/b14-12+,17-15+/t35-,36-,37-,40+,41+,42?,43?,44?,45?,46-,47-/m1/s1. The van der Waals surface area contributed by atoms with Gasteiger partial charge in [-0.1, -0.05) is 115 Å². The molecule has 0 aromatic rings. The fourth-order valence-electron chi connectivity index (χ4n) is 7.38. The summed E-state index contributed by atoms with van der Waals surface area (Å²) in [6.07, 6.45) is 16.4. The Morgan fingerprint density at radius 3 is 1.45 bits per heavy atom. The molecule has 0 bridgehead atoms. The van der Waals surface area contributed by atoms with E-state index in [0.717, 1.165) is 77.0 Å². The number of carbonyl (C=O) groups excluding carboxylic acids is 2. The average Bonchev–Trinajstić information content (AvgIpc) is 3.26. The van der Waals surface area contributed by atoms with Crippen LogP contribution in [0.25, 0.3) is 0 Å². The fourth-order valence-corrected chi connectivity index (χ4v) is 7.38. The summed E-state index contributed by atoms with van der Waals surface area (Å²) in [6, 6.07) is 0. The summed E-state index contributed by atoms with van der Waals surface area (Å²) in [6.45, 7) is 2.52. The molecule has 15 nitrogen and oxygen atoms in total. The lowest BCUT2D eigenvalue weighted by Gasteiger charge is -2.42. The number of carbonyl (C=O) groups is 2. The molecule has 2 aliphatic heterocycles. The molecule has 2 aliphatic rings. The normalized spacial score (nSPS) is 27.2. The largest absolute Gasteiger partial charge is 0.462 e. The molecular weight excluding hydrogens is 805 g/mol. The summed E-state index contributed by atoms with van der Waals surface area (Å²) in [7, 11) is 0. The van der Waals surface area contributed by atoms with E-state index in [0.29, 0.717) is 12.8 Å². The molecule has 0 radical (unpaired) electrons. The minimum absolute atomic E-state index is 0.154. The van der Waals surface area contributed by atoms with Crippen LogP contribution in [0.3, 0.4) is 0 Å². The van der Waals surface area contributed by atoms with Crippen LogP contribution in [0, 0.1) is 0 Å². The maximum Gasteiger partial charge on any atom is 0.306 e. The lowest BCUT2D eigenvalue weighted by molar-refractivity contribution is -0.332. The van der Waals surface area contributed by atoms with Gasteiger partial charge in [-0.15, -0.1) is 0 Å². The fraction of sp³-hybridized carbons (Fsp3) is 0.872. The second kappa shape index (κ2) is 35.3. The van der Waals surface area contributed by atoms with Crippen LogP contribution in [-0.2, 0) is 38.0 Å². The van der Waals surface area contributed by atoms with Crippen LogP contribution in [0.5, 0.6) is 0 Å². The molecule has 2 heterocycles. The van der Waals surface area contributed by atoms with Crippen molar-refractivity contribution >= 4 is 11.9 Å². The van der Waals surface area contributed by atoms with Gasteiger partial charge in [-0.2, -0.15) is 0 Å². The number of aliphatic hydroxyl groups excluding tert-OH is 7. The molecule has 0 spiro atoms. The number of ether oxygens (including phenoxy) is 6. The van der Waals surface area contributed by atoms with E-state index in [1.165, 1.54) is 51.4 Å². The first-order valence-electron chi connectivity index (χ1n) is 23.9. The smallest absolute Gasteiger partial charge is 0.306 e. The van der Waals surface area contributed by atoms with Gasteiger partial charge in [0, 0.05) is 12.8 Å². The number of allylic oxidation sites excluding steroid dienone is 4. The Balaban J connectivity index is 1.85. The Hall–Kier alpha value is -2.02. The molecule has 15 heteroatoms. The van der Waals surface area contributed by atoms with Crippen molar-refractivity contribution in [1.29, 1.82) is 0 Å². The number of unbranched alkanes of at least 4 members (excludes halogenated alkanes) is 18. The first-order chi connectivity index (χ1) is 30.0. The summed E-state index contributed by atoms with van der Waals surface area (Å²) in [5.74, 6) is -0.945. The highest BCUT2D eigenvalue weighted by Gasteiger charge is 2.47. The van der Waals surface area contributed by atoms with Crippen LogP contribution in [0.2, 0.25) is 0 Å². The zero-order chi connectivity index (χ0) is 45.4. The Labute approximate surface area is 371 Å². The van der Waals surface area contributed by atoms with Crippen LogP contribution in [-0.4, -0.2) is 142 Å². The second-order valence-electron chi connectivity index (χ2n) is 16.9. The molecule has 2 saturated heterocycles. The molecule has 362 valence electrons. The molecular formula is C47H84O15. The van der Waals surface area contributed by atoms with Gasteiger partial charge in [0.1, 0.15) is 55.4 Å². The van der Waals surface area contributed by atoms with Gasteiger partial charge in [-0.25, -0.2) is 0 Å². The molecule has 0 amide bonds. The number of hydrogen-bond acceptors (Lipinski definition) is 15. The summed E-state index contributed by atoms with van der Waals surface area (Å²) in [5.41, 5.74) is 0. The maximum absolute atomic E-state index is 12.9. The molecule has 0 aromatic heterocycles. The van der Waals surface area contributed by atoms with Gasteiger partial charge in [0.2, 0.25) is 0 Å². The van der Waals surface area contributed by atoms with Crippen LogP contribution >= 0.6 is 0 Å². The molecule has 0 saturated carbocycles. The first kappa shape index (κ1) is 56.1. The third kappa shape index (κ3) is 23.8. The van der Waals surface area contributed by atoms with E-state index in [-0.39, 0.29) is 26.1 Å². The minimum Gasteiger partial charge on any atom is -0.462 e. The molecule has 11 atom stereocenters. The zero-order valence-electron chi connectivity index (χ0n) is 37.9. The molecule has 2 rings (SSSR count). The van der Waals surface area contributed by atoms with Gasteiger partial charge in [0.25, 0.3) is 0 Å². The highest BCUT2D eigenvalue weighted by Crippen LogP contribution is 2.26. The minimum atomic E-state index is -1.76. The van der Waals surface area contributed by atoms with Gasteiger partial charge in [-0.3, -0.25) is 9.59 Å². The number of aliphatic hydroxyl groups is 7. The lowest BCUT2D eigenvalue weighted by atomic mass is 9.98. The van der Waals surface area contributed by atoms with E-state index < -0.39 is 92.7 Å². The summed E-state index contributed by atoms with van der Waals surface area (Å²) in [4.78, 5) is 25.6. The van der Waals surface area contributed by atoms with Gasteiger partial charge < -0.3 is 64.2 Å². The van der Waals surface area contributed by atoms with Crippen molar-refractivity contribution in [2.75, 3.05) is 26.4 Å². The van der Waals surface area contributed by atoms with Crippen molar-refractivity contribution in [2.45, 2.75) is 235 Å². The van der Waals surface area contributed by atoms with Crippen LogP contribution in [0.15, 0.2) is 24.3 Å². The molecule has 7 N–H and O–H groups in total. The first-order valence-corrected chi connectivity index (χ1v) is 23.9. The van der Waals surface area contributed by atoms with Crippen LogP contribution < -0.4 is 0 Å². The van der Waals surface area contributed by atoms with Crippen molar-refractivity contribution in [1.82, 2.24) is 0 Å². The molecule has 62 heavy (non-hydrogen) atoms. The highest BCUT2D eigenvalue weighted by atomic mass is 16.7. The van der Waals surface area contributed by atoms with E-state index in [9.17, 15) is 45.3 Å². The monoisotopic (exact) mass is 889 g/mol. The van der Waals surface area contributed by atoms with Crippen LogP contribution in [0.1, 0.15) is 168 Å². The molecule has 4 unspecified atom stereocenters. The zero-order valence-corrected chi connectivity index (χ0v) is 37.9. The van der Waals surface area contributed by atoms with E-state index >= 15 is 0 Å². The van der Waals surface area contributed by atoms with Gasteiger partial charge in [0.05, 0.1) is 19.8 Å². The highest BCUT2D eigenvalue weighted by molar-refractivity contribution is 5.70. The quantitative estimate of drug-likeness (QED) is 0.0231. The Bertz CT molecular complexity index is 1180. The average molecular weight is 889 g/mol. The summed E-state index contributed by atoms with van der Waals surface area (Å²) < 4.78 is 33.5. The van der Waals surface area contributed by atoms with Crippen LogP contribution in [0.4, 0.5) is 0 Å². The number of esters is 2. The van der Waals surface area contributed by atoms with Crippen molar-refractivity contribution in [3.8, 4) is 0 Å². The van der Waals surface area contributed by atoms with E-state index in [1.54, 1.807) is 0 Å². The van der Waals surface area contributed by atoms with Crippen molar-refractivity contribution in [3.63, 3.8) is 0 Å². The number of rotatable bonds is 36. The Morgan fingerprint density at radius 2 is 0.919 bits per heavy atom.